The summed E-state index contributed by atoms with van der Waals surface area (Å²) >= 11 is 6.21. The lowest BCUT2D eigenvalue weighted by Gasteiger charge is -2.14. The first-order valence-electron chi connectivity index (χ1n) is 9.08. The van der Waals surface area contributed by atoms with Crippen LogP contribution in [-0.2, 0) is 9.53 Å². The molecule has 154 valence electrons. The average molecular weight is 413 g/mol. The number of carbonyl (C=O) groups is 3. The van der Waals surface area contributed by atoms with E-state index in [9.17, 15) is 14.4 Å². The van der Waals surface area contributed by atoms with Gasteiger partial charge in [-0.1, -0.05) is 25.4 Å². The second kappa shape index (κ2) is 10.2. The molecular formula is C19H25ClN2O6. The Hall–Kier alpha value is -2.48. The van der Waals surface area contributed by atoms with Crippen LogP contribution in [0.3, 0.4) is 0 Å². The van der Waals surface area contributed by atoms with Crippen LogP contribution in [0.2, 0.25) is 5.02 Å². The van der Waals surface area contributed by atoms with Crippen LogP contribution in [-0.4, -0.2) is 44.3 Å². The molecule has 0 aromatic heterocycles. The highest BCUT2D eigenvalue weighted by molar-refractivity contribution is 6.32. The molecule has 28 heavy (non-hydrogen) atoms. The first-order valence-corrected chi connectivity index (χ1v) is 9.45. The van der Waals surface area contributed by atoms with Crippen molar-refractivity contribution in [2.75, 3.05) is 20.3 Å². The summed E-state index contributed by atoms with van der Waals surface area (Å²) in [5.74, 6) is -0.395. The molecule has 0 heterocycles. The molecule has 2 rings (SSSR count). The summed E-state index contributed by atoms with van der Waals surface area (Å²) in [6, 6.07) is 2.33. The smallest absolute Gasteiger partial charge is 0.338 e. The number of hydrogen-bond donors (Lipinski definition) is 2. The molecule has 9 heteroatoms. The lowest BCUT2D eigenvalue weighted by atomic mass is 10.1. The minimum Gasteiger partial charge on any atom is -0.493 e. The van der Waals surface area contributed by atoms with E-state index < -0.39 is 24.5 Å². The molecule has 0 unspecified atom stereocenters. The fraction of sp³-hybridized carbons (Fsp3) is 0.526. The van der Waals surface area contributed by atoms with Crippen LogP contribution in [0.1, 0.15) is 43.5 Å². The van der Waals surface area contributed by atoms with Crippen LogP contribution in [0.4, 0.5) is 4.79 Å². The Morgan fingerprint density at radius 3 is 2.57 bits per heavy atom. The molecule has 1 aliphatic rings. The van der Waals surface area contributed by atoms with E-state index in [2.05, 4.69) is 24.5 Å². The molecule has 0 radical (unpaired) electrons. The Labute approximate surface area is 168 Å². The van der Waals surface area contributed by atoms with Crippen LogP contribution in [0.15, 0.2) is 12.1 Å². The van der Waals surface area contributed by atoms with Crippen molar-refractivity contribution >= 4 is 29.5 Å². The van der Waals surface area contributed by atoms with Crippen molar-refractivity contribution in [2.45, 2.75) is 39.2 Å². The van der Waals surface area contributed by atoms with Gasteiger partial charge >= 0.3 is 12.0 Å². The van der Waals surface area contributed by atoms with Gasteiger partial charge in [0.2, 0.25) is 0 Å². The van der Waals surface area contributed by atoms with Gasteiger partial charge < -0.3 is 19.5 Å². The van der Waals surface area contributed by atoms with Crippen molar-refractivity contribution in [1.82, 2.24) is 10.6 Å². The van der Waals surface area contributed by atoms with E-state index in [0.717, 1.165) is 19.3 Å². The number of halogens is 1. The highest BCUT2D eigenvalue weighted by atomic mass is 35.5. The number of nitrogens with one attached hydrogen (secondary N) is 2. The summed E-state index contributed by atoms with van der Waals surface area (Å²) in [7, 11) is 1.43. The van der Waals surface area contributed by atoms with Gasteiger partial charge in [-0.05, 0) is 37.3 Å². The molecule has 1 aromatic rings. The predicted octanol–water partition coefficient (Wildman–Crippen LogP) is 2.92. The lowest BCUT2D eigenvalue weighted by molar-refractivity contribution is -0.123. The standard InChI is InChI=1S/C19H25ClN2O6/c1-11(2)6-7-27-17-14(20)8-12(9-15(17)26-3)18(24)28-10-16(23)22-19(25)21-13-4-5-13/h8-9,11,13H,4-7,10H2,1-3H3,(H2,21,22,23,25). The van der Waals surface area contributed by atoms with Crippen LogP contribution in [0.25, 0.3) is 0 Å². The fourth-order valence-electron chi connectivity index (χ4n) is 2.20. The van der Waals surface area contributed by atoms with E-state index in [-0.39, 0.29) is 22.4 Å². The maximum Gasteiger partial charge on any atom is 0.338 e. The molecule has 1 aliphatic carbocycles. The monoisotopic (exact) mass is 412 g/mol. The zero-order valence-corrected chi connectivity index (χ0v) is 16.9. The molecule has 0 spiro atoms. The molecule has 3 amide bonds. The highest BCUT2D eigenvalue weighted by Gasteiger charge is 2.24. The number of urea groups is 1. The summed E-state index contributed by atoms with van der Waals surface area (Å²) in [4.78, 5) is 35.4. The number of imide groups is 1. The van der Waals surface area contributed by atoms with Gasteiger partial charge in [0.1, 0.15) is 0 Å². The Bertz CT molecular complexity index is 733. The van der Waals surface area contributed by atoms with E-state index >= 15 is 0 Å². The van der Waals surface area contributed by atoms with Gasteiger partial charge in [-0.15, -0.1) is 0 Å². The third kappa shape index (κ3) is 6.92. The topological polar surface area (TPSA) is 103 Å². The van der Waals surface area contributed by atoms with Crippen molar-refractivity contribution in [3.05, 3.63) is 22.7 Å². The van der Waals surface area contributed by atoms with Gasteiger partial charge in [0.25, 0.3) is 5.91 Å². The highest BCUT2D eigenvalue weighted by Crippen LogP contribution is 2.36. The Morgan fingerprint density at radius 1 is 1.25 bits per heavy atom. The molecule has 2 N–H and O–H groups in total. The first-order chi connectivity index (χ1) is 13.3. The van der Waals surface area contributed by atoms with Crippen LogP contribution >= 0.6 is 11.6 Å². The van der Waals surface area contributed by atoms with Crippen molar-refractivity contribution < 1.29 is 28.6 Å². The molecule has 0 atom stereocenters. The molecule has 1 fully saturated rings. The third-order valence-electron chi connectivity index (χ3n) is 3.91. The van der Waals surface area contributed by atoms with Crippen LogP contribution < -0.4 is 20.1 Å². The number of benzene rings is 1. The van der Waals surface area contributed by atoms with Gasteiger partial charge in [0, 0.05) is 6.04 Å². The second-order valence-electron chi connectivity index (χ2n) is 6.89. The van der Waals surface area contributed by atoms with E-state index in [1.807, 2.05) is 0 Å². The summed E-state index contributed by atoms with van der Waals surface area (Å²) in [5.41, 5.74) is 0.105. The minimum atomic E-state index is -0.772. The molecule has 0 aliphatic heterocycles. The van der Waals surface area contributed by atoms with Crippen molar-refractivity contribution in [3.8, 4) is 11.5 Å². The van der Waals surface area contributed by atoms with E-state index in [1.54, 1.807) is 0 Å². The fourth-order valence-corrected chi connectivity index (χ4v) is 2.47. The van der Waals surface area contributed by atoms with Gasteiger partial charge in [0.15, 0.2) is 18.1 Å². The molecule has 1 saturated carbocycles. The zero-order chi connectivity index (χ0) is 20.7. The summed E-state index contributed by atoms with van der Waals surface area (Å²) in [5, 5.41) is 4.89. The van der Waals surface area contributed by atoms with Gasteiger partial charge in [0.05, 0.1) is 24.3 Å². The van der Waals surface area contributed by atoms with Crippen molar-refractivity contribution in [2.24, 2.45) is 5.92 Å². The summed E-state index contributed by atoms with van der Waals surface area (Å²) in [6.45, 7) is 4.02. The predicted molar refractivity (Wildman–Crippen MR) is 103 cm³/mol. The molecule has 0 saturated heterocycles. The summed E-state index contributed by atoms with van der Waals surface area (Å²) in [6.07, 6.45) is 2.64. The van der Waals surface area contributed by atoms with Crippen molar-refractivity contribution in [1.29, 1.82) is 0 Å². The first kappa shape index (κ1) is 21.8. The van der Waals surface area contributed by atoms with E-state index in [1.165, 1.54) is 19.2 Å². The maximum absolute atomic E-state index is 12.2. The quantitative estimate of drug-likeness (QED) is 0.604. The SMILES string of the molecule is COc1cc(C(=O)OCC(=O)NC(=O)NC2CC2)cc(Cl)c1OCCC(C)C. The van der Waals surface area contributed by atoms with E-state index in [0.29, 0.717) is 18.3 Å². The molecule has 1 aromatic carbocycles. The molecular weight excluding hydrogens is 388 g/mol. The number of rotatable bonds is 9. The third-order valence-corrected chi connectivity index (χ3v) is 4.19. The van der Waals surface area contributed by atoms with E-state index in [4.69, 9.17) is 25.8 Å². The number of methoxy groups -OCH3 is 1. The number of amides is 3. The Kier molecular flexibility index (Phi) is 7.92. The van der Waals surface area contributed by atoms with Crippen molar-refractivity contribution in [3.63, 3.8) is 0 Å². The molecule has 0 bridgehead atoms. The number of carbonyl (C=O) groups excluding carboxylic acids is 3. The lowest BCUT2D eigenvalue weighted by Crippen LogP contribution is -2.42. The summed E-state index contributed by atoms with van der Waals surface area (Å²) < 4.78 is 15.8. The second-order valence-corrected chi connectivity index (χ2v) is 7.30. The number of esters is 1. The Morgan fingerprint density at radius 2 is 1.96 bits per heavy atom. The van der Waals surface area contributed by atoms with Gasteiger partial charge in [-0.25, -0.2) is 9.59 Å². The minimum absolute atomic E-state index is 0.105. The van der Waals surface area contributed by atoms with Gasteiger partial charge in [-0.3, -0.25) is 10.1 Å². The normalized spacial score (nSPS) is 13.0. The van der Waals surface area contributed by atoms with Crippen LogP contribution in [0.5, 0.6) is 11.5 Å². The number of hydrogen-bond acceptors (Lipinski definition) is 6. The Balaban J connectivity index is 1.91. The zero-order valence-electron chi connectivity index (χ0n) is 16.2. The number of ether oxygens (including phenoxy) is 3. The van der Waals surface area contributed by atoms with Gasteiger partial charge in [-0.2, -0.15) is 0 Å². The molecule has 8 nitrogen and oxygen atoms in total. The average Bonchev–Trinajstić information content (AvgIpc) is 3.44. The largest absolute Gasteiger partial charge is 0.493 e. The maximum atomic E-state index is 12.2. The van der Waals surface area contributed by atoms with Crippen LogP contribution in [0, 0.1) is 5.92 Å².